The number of nitrogens with zero attached hydrogens (tertiary/aromatic N) is 1. The van der Waals surface area contributed by atoms with Crippen molar-refractivity contribution in [3.05, 3.63) is 83.9 Å². The van der Waals surface area contributed by atoms with E-state index in [4.69, 9.17) is 4.74 Å². The zero-order valence-electron chi connectivity index (χ0n) is 12.5. The fourth-order valence-corrected chi connectivity index (χ4v) is 2.81. The number of hydrogen-bond acceptors (Lipinski definition) is 3. The summed E-state index contributed by atoms with van der Waals surface area (Å²) in [5, 5.41) is 2.26. The van der Waals surface area contributed by atoms with Crippen LogP contribution in [0, 0.1) is 0 Å². The Kier molecular flexibility index (Phi) is 3.39. The maximum Gasteiger partial charge on any atom is 0.338 e. The number of cyclic esters (lactones) is 1. The third-order valence-electron chi connectivity index (χ3n) is 4.01. The summed E-state index contributed by atoms with van der Waals surface area (Å²) >= 11 is 0. The van der Waals surface area contributed by atoms with Gasteiger partial charge in [0, 0.05) is 12.0 Å². The molecule has 3 heteroatoms. The largest absolute Gasteiger partial charge is 0.406 e. The number of aliphatic imine (C=N–C) groups is 1. The van der Waals surface area contributed by atoms with Crippen molar-refractivity contribution < 1.29 is 9.53 Å². The molecule has 1 aliphatic heterocycles. The lowest BCUT2D eigenvalue weighted by Gasteiger charge is -2.02. The highest BCUT2D eigenvalue weighted by atomic mass is 16.6. The third kappa shape index (κ3) is 2.73. The van der Waals surface area contributed by atoms with Crippen LogP contribution in [0.5, 0.6) is 0 Å². The van der Waals surface area contributed by atoms with E-state index in [9.17, 15) is 4.79 Å². The molecule has 3 aromatic rings. The van der Waals surface area contributed by atoms with Crippen LogP contribution in [0.1, 0.15) is 11.1 Å². The van der Waals surface area contributed by atoms with Crippen LogP contribution >= 0.6 is 0 Å². The van der Waals surface area contributed by atoms with Crippen molar-refractivity contribution >= 4 is 22.6 Å². The van der Waals surface area contributed by atoms with E-state index >= 15 is 0 Å². The molecule has 0 fully saturated rings. The van der Waals surface area contributed by atoms with Gasteiger partial charge in [-0.1, -0.05) is 60.7 Å². The van der Waals surface area contributed by atoms with Crippen LogP contribution in [0.2, 0.25) is 0 Å². The highest BCUT2D eigenvalue weighted by molar-refractivity contribution is 6.07. The average Bonchev–Trinajstić information content (AvgIpc) is 2.96. The number of hydrogen-bond donors (Lipinski definition) is 0. The smallest absolute Gasteiger partial charge is 0.338 e. The molecule has 0 amide bonds. The lowest BCUT2D eigenvalue weighted by molar-refractivity contribution is -0.134. The van der Waals surface area contributed by atoms with Crippen molar-refractivity contribution in [1.82, 2.24) is 0 Å². The molecule has 0 saturated heterocycles. The molecule has 3 aromatic carbocycles. The molecule has 1 heterocycles. The number of carbonyl (C=O) groups is 1. The molecule has 23 heavy (non-hydrogen) atoms. The summed E-state index contributed by atoms with van der Waals surface area (Å²) in [6.07, 6.45) is 0.566. The minimum Gasteiger partial charge on any atom is -0.406 e. The number of benzene rings is 3. The first-order valence-corrected chi connectivity index (χ1v) is 7.62. The minimum absolute atomic E-state index is 0.281. The van der Waals surface area contributed by atoms with Crippen molar-refractivity contribution in [1.29, 1.82) is 0 Å². The molecule has 3 nitrogen and oxygen atoms in total. The lowest BCUT2D eigenvalue weighted by Crippen LogP contribution is -2.17. The van der Waals surface area contributed by atoms with Gasteiger partial charge in [0.2, 0.25) is 5.90 Å². The summed E-state index contributed by atoms with van der Waals surface area (Å²) in [5.41, 5.74) is 1.92. The van der Waals surface area contributed by atoms with Crippen LogP contribution < -0.4 is 0 Å². The second kappa shape index (κ2) is 5.69. The van der Waals surface area contributed by atoms with Gasteiger partial charge in [0.15, 0.2) is 6.04 Å². The lowest BCUT2D eigenvalue weighted by atomic mass is 10.1. The Bertz CT molecular complexity index is 900. The quantitative estimate of drug-likeness (QED) is 0.691. The van der Waals surface area contributed by atoms with E-state index in [0.29, 0.717) is 12.3 Å². The Morgan fingerprint density at radius 3 is 2.43 bits per heavy atom. The van der Waals surface area contributed by atoms with Crippen molar-refractivity contribution in [3.63, 3.8) is 0 Å². The van der Waals surface area contributed by atoms with Crippen LogP contribution in [0.15, 0.2) is 77.8 Å². The predicted molar refractivity (Wildman–Crippen MR) is 90.5 cm³/mol. The third-order valence-corrected chi connectivity index (χ3v) is 4.01. The zero-order chi connectivity index (χ0) is 15.6. The first kappa shape index (κ1) is 13.7. The molecule has 1 aliphatic rings. The maximum atomic E-state index is 12.1. The zero-order valence-corrected chi connectivity index (χ0v) is 12.5. The highest BCUT2D eigenvalue weighted by Gasteiger charge is 2.29. The molecule has 0 saturated carbocycles. The summed E-state index contributed by atoms with van der Waals surface area (Å²) in [7, 11) is 0. The highest BCUT2D eigenvalue weighted by Crippen LogP contribution is 2.21. The molecule has 1 unspecified atom stereocenters. The second-order valence-corrected chi connectivity index (χ2v) is 5.62. The Morgan fingerprint density at radius 2 is 1.61 bits per heavy atom. The van der Waals surface area contributed by atoms with Crippen LogP contribution in [0.4, 0.5) is 0 Å². The molecule has 0 radical (unpaired) electrons. The topological polar surface area (TPSA) is 38.7 Å². The number of fused-ring (bicyclic) bond motifs is 1. The summed E-state index contributed by atoms with van der Waals surface area (Å²) in [6, 6.07) is 23.5. The second-order valence-electron chi connectivity index (χ2n) is 5.62. The van der Waals surface area contributed by atoms with E-state index in [2.05, 4.69) is 11.1 Å². The standard InChI is InChI=1S/C20H15NO2/c22-20-18(12-14-6-2-1-3-7-14)21-19(23-20)17-11-10-15-8-4-5-9-16(15)13-17/h1-11,13,18H,12H2. The maximum absolute atomic E-state index is 12.1. The van der Waals surface area contributed by atoms with Crippen molar-refractivity contribution in [2.75, 3.05) is 0 Å². The van der Waals surface area contributed by atoms with Gasteiger partial charge >= 0.3 is 5.97 Å². The number of esters is 1. The first-order valence-electron chi connectivity index (χ1n) is 7.62. The molecule has 112 valence electrons. The van der Waals surface area contributed by atoms with Crippen LogP contribution in [0.25, 0.3) is 10.8 Å². The fraction of sp³-hybridized carbons (Fsp3) is 0.100. The normalized spacial score (nSPS) is 17.1. The van der Waals surface area contributed by atoms with Crippen LogP contribution in [-0.4, -0.2) is 17.9 Å². The van der Waals surface area contributed by atoms with E-state index in [1.54, 1.807) is 0 Å². The molecule has 0 bridgehead atoms. The summed E-state index contributed by atoms with van der Waals surface area (Å²) in [4.78, 5) is 16.6. The van der Waals surface area contributed by atoms with E-state index in [0.717, 1.165) is 21.9 Å². The predicted octanol–water partition coefficient (Wildman–Crippen LogP) is 3.75. The molecule has 1 atom stereocenters. The van der Waals surface area contributed by atoms with Crippen molar-refractivity contribution in [2.45, 2.75) is 12.5 Å². The molecule has 0 aliphatic carbocycles. The van der Waals surface area contributed by atoms with Gasteiger partial charge in [-0.3, -0.25) is 0 Å². The van der Waals surface area contributed by atoms with E-state index in [1.807, 2.05) is 66.7 Å². The number of rotatable bonds is 3. The van der Waals surface area contributed by atoms with E-state index in [-0.39, 0.29) is 5.97 Å². The van der Waals surface area contributed by atoms with Gasteiger partial charge in [-0.05, 0) is 28.5 Å². The van der Waals surface area contributed by atoms with E-state index in [1.165, 1.54) is 0 Å². The van der Waals surface area contributed by atoms with E-state index < -0.39 is 6.04 Å². The van der Waals surface area contributed by atoms with Crippen LogP contribution in [0.3, 0.4) is 0 Å². The van der Waals surface area contributed by atoms with Gasteiger partial charge in [-0.25, -0.2) is 9.79 Å². The summed E-state index contributed by atoms with van der Waals surface area (Å²) < 4.78 is 5.39. The number of carbonyl (C=O) groups excluding carboxylic acids is 1. The SMILES string of the molecule is O=C1OC(c2ccc3ccccc3c2)=NC1Cc1ccccc1. The van der Waals surface area contributed by atoms with Gasteiger partial charge in [-0.2, -0.15) is 0 Å². The Labute approximate surface area is 134 Å². The Balaban J connectivity index is 1.63. The molecule has 4 rings (SSSR count). The summed E-state index contributed by atoms with van der Waals surface area (Å²) in [5.74, 6) is 0.138. The minimum atomic E-state index is -0.459. The first-order chi connectivity index (χ1) is 11.3. The number of ether oxygens (including phenoxy) is 1. The van der Waals surface area contributed by atoms with Gasteiger partial charge in [0.25, 0.3) is 0 Å². The molecular weight excluding hydrogens is 286 g/mol. The van der Waals surface area contributed by atoms with Crippen molar-refractivity contribution in [2.24, 2.45) is 4.99 Å². The Morgan fingerprint density at radius 1 is 0.870 bits per heavy atom. The monoisotopic (exact) mass is 301 g/mol. The molecule has 0 spiro atoms. The molecule has 0 N–H and O–H groups in total. The molecular formula is C20H15NO2. The fourth-order valence-electron chi connectivity index (χ4n) is 2.81. The Hall–Kier alpha value is -2.94. The van der Waals surface area contributed by atoms with Crippen molar-refractivity contribution in [3.8, 4) is 0 Å². The van der Waals surface area contributed by atoms with Gasteiger partial charge in [0.05, 0.1) is 0 Å². The van der Waals surface area contributed by atoms with Crippen LogP contribution in [-0.2, 0) is 16.0 Å². The van der Waals surface area contributed by atoms with Gasteiger partial charge < -0.3 is 4.74 Å². The van der Waals surface area contributed by atoms with Gasteiger partial charge in [-0.15, -0.1) is 0 Å². The molecule has 0 aromatic heterocycles. The van der Waals surface area contributed by atoms with Gasteiger partial charge in [0.1, 0.15) is 0 Å². The average molecular weight is 301 g/mol. The summed E-state index contributed by atoms with van der Waals surface area (Å²) in [6.45, 7) is 0.